The molecule has 1 saturated heterocycles. The minimum Gasteiger partial charge on any atom is -0.481 e. The number of hydrazine groups is 2. The predicted molar refractivity (Wildman–Crippen MR) is 252 cm³/mol. The van der Waals surface area contributed by atoms with Gasteiger partial charge in [-0.1, -0.05) is 77.1 Å². The first-order chi connectivity index (χ1) is 29.8. The summed E-state index contributed by atoms with van der Waals surface area (Å²) in [6.45, 7) is 23.3. The van der Waals surface area contributed by atoms with Gasteiger partial charge in [0, 0.05) is 38.8 Å². The molecule has 0 radical (unpaired) electrons. The Labute approximate surface area is 378 Å². The molecule has 1 aromatic rings. The fraction of sp³-hybridized carbons (Fsp3) is 0.712. The lowest BCUT2D eigenvalue weighted by atomic mass is 9.33. The van der Waals surface area contributed by atoms with Gasteiger partial charge in [-0.05, 0) is 159 Å². The van der Waals surface area contributed by atoms with E-state index in [9.17, 15) is 18.3 Å². The smallest absolute Gasteiger partial charge is 0.313 e. The van der Waals surface area contributed by atoms with Gasteiger partial charge in [-0.25, -0.2) is 13.4 Å². The molecule has 2 heterocycles. The predicted octanol–water partition coefficient (Wildman–Crippen LogP) is 9.12. The fourth-order valence-electron chi connectivity index (χ4n) is 16.2. The zero-order valence-corrected chi connectivity index (χ0v) is 40.3. The van der Waals surface area contributed by atoms with Crippen LogP contribution in [0.3, 0.4) is 0 Å². The molecule has 6 aliphatic carbocycles. The highest BCUT2D eigenvalue weighted by Crippen LogP contribution is 2.76. The van der Waals surface area contributed by atoms with Crippen molar-refractivity contribution in [3.63, 3.8) is 0 Å². The maximum Gasteiger partial charge on any atom is 0.313 e. The van der Waals surface area contributed by atoms with Crippen LogP contribution in [-0.2, 0) is 19.4 Å². The third-order valence-corrected chi connectivity index (χ3v) is 21.4. The summed E-state index contributed by atoms with van der Waals surface area (Å²) in [6, 6.07) is 9.98. The van der Waals surface area contributed by atoms with Crippen molar-refractivity contribution in [2.24, 2.45) is 56.7 Å². The first kappa shape index (κ1) is 45.1. The van der Waals surface area contributed by atoms with Crippen LogP contribution >= 0.6 is 0 Å². The molecular formula is C52H77N5O5S. The van der Waals surface area contributed by atoms with Crippen molar-refractivity contribution in [1.82, 2.24) is 20.8 Å². The average Bonchev–Trinajstić information content (AvgIpc) is 3.82. The van der Waals surface area contributed by atoms with Gasteiger partial charge in [0.05, 0.1) is 23.4 Å². The second-order valence-electron chi connectivity index (χ2n) is 22.9. The number of fused-ring (bicyclic) bond motifs is 7. The van der Waals surface area contributed by atoms with Crippen LogP contribution in [0.25, 0.3) is 0 Å². The molecule has 63 heavy (non-hydrogen) atoms. The number of carboxylic acids is 1. The third kappa shape index (κ3) is 7.27. The zero-order valence-electron chi connectivity index (χ0n) is 39.5. The number of hydrogen-bond donors (Lipinski definition) is 3. The first-order valence-electron chi connectivity index (χ1n) is 24.4. The van der Waals surface area contributed by atoms with E-state index in [4.69, 9.17) is 4.74 Å². The molecule has 346 valence electrons. The van der Waals surface area contributed by atoms with E-state index in [2.05, 4.69) is 75.9 Å². The minimum atomic E-state index is -2.88. The second-order valence-corrected chi connectivity index (χ2v) is 25.2. The number of allylic oxidation sites excluding steroid dienone is 5. The van der Waals surface area contributed by atoms with Crippen LogP contribution in [0, 0.1) is 56.7 Å². The molecule has 0 bridgehead atoms. The van der Waals surface area contributed by atoms with E-state index in [0.29, 0.717) is 72.9 Å². The molecule has 0 amide bonds. The Morgan fingerprint density at radius 2 is 1.67 bits per heavy atom. The number of rotatable bonds is 11. The van der Waals surface area contributed by atoms with E-state index in [1.807, 2.05) is 47.5 Å². The maximum atomic E-state index is 13.1. The van der Waals surface area contributed by atoms with Gasteiger partial charge in [-0.3, -0.25) is 4.79 Å². The van der Waals surface area contributed by atoms with Gasteiger partial charge >= 0.3 is 5.97 Å². The van der Waals surface area contributed by atoms with Crippen LogP contribution in [0.2, 0.25) is 0 Å². The highest BCUT2D eigenvalue weighted by Gasteiger charge is 2.70. The standard InChI is InChI=1S/C52H77N5O5S/c1-36(2)39-18-25-52(53-28-29-56-30-32-63(60,61)33-31-56)27-26-49(6)41(45(39)52)14-15-43-48(5)21-19-40(47(3,4)42(48)20-22-50(43,49)7)37-16-23-51(24-17-37,46(58)59)35-62-44-34-54-55(8)57(44)38-12-10-9-11-13-38/h9-13,16,19,34,39,41-43,45,53-54H,1,14-15,17-18,20-33,35H2,2-8H3,(H,58,59)/t39-,41+,42?,43?,45?,48-,49+,50+,51?,52-/m0/s1. The van der Waals surface area contributed by atoms with Crippen LogP contribution in [0.1, 0.15) is 119 Å². The molecule has 9 rings (SSSR count). The van der Waals surface area contributed by atoms with Crippen molar-refractivity contribution in [3.8, 4) is 0 Å². The minimum absolute atomic E-state index is 0.0145. The summed E-state index contributed by atoms with van der Waals surface area (Å²) in [5, 5.41) is 18.7. The number of carbonyl (C=O) groups is 1. The number of nitrogens with zero attached hydrogens (tertiary/aromatic N) is 3. The number of carboxylic acid groups (broad SMARTS) is 1. The molecule has 10 atom stereocenters. The lowest BCUT2D eigenvalue weighted by Gasteiger charge is -2.72. The number of aliphatic carboxylic acids is 1. The molecule has 11 heteroatoms. The number of anilines is 1. The second kappa shape index (κ2) is 16.0. The van der Waals surface area contributed by atoms with Gasteiger partial charge < -0.3 is 25.5 Å². The number of benzene rings is 1. The van der Waals surface area contributed by atoms with Crippen LogP contribution in [0.15, 0.2) is 77.9 Å². The Hall–Kier alpha value is -3.12. The summed E-state index contributed by atoms with van der Waals surface area (Å²) in [6.07, 6.45) is 19.5. The van der Waals surface area contributed by atoms with Crippen molar-refractivity contribution < 1.29 is 23.1 Å². The van der Waals surface area contributed by atoms with Gasteiger partial charge in [-0.15, -0.1) is 5.12 Å². The lowest BCUT2D eigenvalue weighted by molar-refractivity contribution is -0.221. The van der Waals surface area contributed by atoms with Crippen LogP contribution in [-0.4, -0.2) is 86.4 Å². The van der Waals surface area contributed by atoms with Crippen LogP contribution < -0.4 is 15.8 Å². The molecule has 4 saturated carbocycles. The van der Waals surface area contributed by atoms with Crippen molar-refractivity contribution in [1.29, 1.82) is 0 Å². The van der Waals surface area contributed by atoms with Gasteiger partial charge in [0.15, 0.2) is 9.84 Å². The van der Waals surface area contributed by atoms with Crippen LogP contribution in [0.5, 0.6) is 0 Å². The average molecular weight is 884 g/mol. The summed E-state index contributed by atoms with van der Waals surface area (Å²) in [5.74, 6) is 3.38. The molecule has 1 aromatic carbocycles. The van der Waals surface area contributed by atoms with Gasteiger partial charge in [-0.2, -0.15) is 0 Å². The van der Waals surface area contributed by atoms with Crippen molar-refractivity contribution in [2.45, 2.75) is 124 Å². The van der Waals surface area contributed by atoms with Gasteiger partial charge in [0.2, 0.25) is 5.88 Å². The Kier molecular flexibility index (Phi) is 11.5. The Morgan fingerprint density at radius 1 is 0.921 bits per heavy atom. The van der Waals surface area contributed by atoms with Crippen molar-refractivity contribution in [3.05, 3.63) is 77.9 Å². The largest absolute Gasteiger partial charge is 0.481 e. The van der Waals surface area contributed by atoms with E-state index in [0.717, 1.165) is 31.6 Å². The molecule has 2 aliphatic heterocycles. The Morgan fingerprint density at radius 3 is 2.35 bits per heavy atom. The first-order valence-corrected chi connectivity index (χ1v) is 26.3. The molecule has 0 spiro atoms. The normalized spacial score (nSPS) is 40.8. The van der Waals surface area contributed by atoms with E-state index in [1.165, 1.54) is 68.1 Å². The van der Waals surface area contributed by atoms with Gasteiger partial charge in [0.1, 0.15) is 12.0 Å². The quantitative estimate of drug-likeness (QED) is 0.186. The summed E-state index contributed by atoms with van der Waals surface area (Å²) < 4.78 is 30.6. The van der Waals surface area contributed by atoms with E-state index in [1.54, 1.807) is 6.20 Å². The summed E-state index contributed by atoms with van der Waals surface area (Å²) >= 11 is 0. The molecule has 8 aliphatic rings. The topological polar surface area (TPSA) is 114 Å². The highest BCUT2D eigenvalue weighted by molar-refractivity contribution is 7.91. The van der Waals surface area contributed by atoms with Gasteiger partial charge in [0.25, 0.3) is 0 Å². The lowest BCUT2D eigenvalue weighted by Crippen LogP contribution is -2.68. The molecule has 3 N–H and O–H groups in total. The third-order valence-electron chi connectivity index (χ3n) is 19.8. The molecule has 10 nitrogen and oxygen atoms in total. The number of hydrogen-bond acceptors (Lipinski definition) is 9. The number of para-hydroxylation sites is 1. The fourth-order valence-corrected chi connectivity index (χ4v) is 17.4. The SMILES string of the molecule is C=C(C)[C@@H]1CC[C@]2(NCCN3CCS(=O)(=O)CC3)CC[C@]3(C)[C@H](CCC4[C@@]5(C)CC=C(C6=CCC(COC7=CNN(C)N7c7ccccc7)(C(=O)O)CC6)C(C)(C)C5CC[C@]43C)C12. The summed E-state index contributed by atoms with van der Waals surface area (Å²) in [7, 11) is -0.966. The van der Waals surface area contributed by atoms with E-state index >= 15 is 0 Å². The molecule has 4 unspecified atom stereocenters. The number of sulfone groups is 1. The van der Waals surface area contributed by atoms with E-state index < -0.39 is 21.2 Å². The monoisotopic (exact) mass is 884 g/mol. The molecule has 0 aromatic heterocycles. The maximum absolute atomic E-state index is 13.1. The summed E-state index contributed by atoms with van der Waals surface area (Å²) in [4.78, 5) is 15.4. The van der Waals surface area contributed by atoms with E-state index in [-0.39, 0.29) is 33.8 Å². The Bertz CT molecular complexity index is 2160. The summed E-state index contributed by atoms with van der Waals surface area (Å²) in [5.41, 5.74) is 8.12. The zero-order chi connectivity index (χ0) is 44.8. The van der Waals surface area contributed by atoms with Crippen molar-refractivity contribution >= 4 is 21.5 Å². The number of ether oxygens (including phenoxy) is 1. The molecule has 5 fully saturated rings. The highest BCUT2D eigenvalue weighted by atomic mass is 32.2. The molecular weight excluding hydrogens is 807 g/mol. The number of nitrogens with one attached hydrogen (secondary N) is 2. The van der Waals surface area contributed by atoms with Crippen molar-refractivity contribution in [2.75, 3.05) is 56.3 Å². The Balaban J connectivity index is 0.914. The van der Waals surface area contributed by atoms with Crippen LogP contribution in [0.4, 0.5) is 5.69 Å².